The van der Waals surface area contributed by atoms with Gasteiger partial charge in [-0.25, -0.2) is 0 Å². The topological polar surface area (TPSA) is 49.3 Å². The van der Waals surface area contributed by atoms with E-state index in [0.29, 0.717) is 17.1 Å². The van der Waals surface area contributed by atoms with Crippen LogP contribution in [0.3, 0.4) is 0 Å². The van der Waals surface area contributed by atoms with Crippen LogP contribution in [-0.2, 0) is 4.79 Å². The van der Waals surface area contributed by atoms with Crippen LogP contribution in [0.1, 0.15) is 50.2 Å². The Bertz CT molecular complexity index is 1050. The van der Waals surface area contributed by atoms with Gasteiger partial charge < -0.3 is 10.4 Å². The first-order valence-electron chi connectivity index (χ1n) is 10.9. The van der Waals surface area contributed by atoms with Crippen LogP contribution in [0.5, 0.6) is 5.75 Å². The molecule has 154 valence electrons. The van der Waals surface area contributed by atoms with E-state index in [4.69, 9.17) is 0 Å². The fourth-order valence-electron chi connectivity index (χ4n) is 4.55. The Balaban J connectivity index is 1.75. The first kappa shape index (κ1) is 20.2. The van der Waals surface area contributed by atoms with Crippen LogP contribution in [0.2, 0.25) is 0 Å². The fraction of sp³-hybridized carbons (Fsp3) is 0.296. The number of fused-ring (bicyclic) bond motifs is 1. The number of nitrogens with one attached hydrogen (secondary N) is 1. The summed E-state index contributed by atoms with van der Waals surface area (Å²) in [6.45, 7) is 2.11. The van der Waals surface area contributed by atoms with Crippen molar-refractivity contribution in [1.29, 1.82) is 0 Å². The van der Waals surface area contributed by atoms with Gasteiger partial charge in [-0.3, -0.25) is 4.79 Å². The average Bonchev–Trinajstić information content (AvgIpc) is 2.79. The molecule has 0 heterocycles. The third kappa shape index (κ3) is 4.40. The molecule has 1 aliphatic carbocycles. The van der Waals surface area contributed by atoms with E-state index in [1.807, 2.05) is 66.7 Å². The molecule has 2 N–H and O–H groups in total. The highest BCUT2D eigenvalue weighted by Gasteiger charge is 2.25. The minimum atomic E-state index is -0.136. The van der Waals surface area contributed by atoms with E-state index >= 15 is 0 Å². The third-order valence-corrected chi connectivity index (χ3v) is 6.25. The molecule has 0 radical (unpaired) electrons. The monoisotopic (exact) mass is 399 g/mol. The SMILES string of the molecule is C[C@H](NC(=O)/C(=C\c1ccccc1)c1c(O)ccc2ccccc12)C1CCCCC1. The van der Waals surface area contributed by atoms with Gasteiger partial charge in [-0.15, -0.1) is 0 Å². The minimum absolute atomic E-state index is 0.106. The van der Waals surface area contributed by atoms with E-state index in [2.05, 4.69) is 12.2 Å². The summed E-state index contributed by atoms with van der Waals surface area (Å²) in [5.74, 6) is 0.502. The maximum Gasteiger partial charge on any atom is 0.252 e. The van der Waals surface area contributed by atoms with Crippen molar-refractivity contribution in [3.8, 4) is 5.75 Å². The summed E-state index contributed by atoms with van der Waals surface area (Å²) in [6, 6.07) is 21.3. The van der Waals surface area contributed by atoms with E-state index in [1.165, 1.54) is 32.1 Å². The van der Waals surface area contributed by atoms with E-state index < -0.39 is 0 Å². The van der Waals surface area contributed by atoms with Crippen LogP contribution in [-0.4, -0.2) is 17.1 Å². The maximum atomic E-state index is 13.5. The zero-order chi connectivity index (χ0) is 20.9. The lowest BCUT2D eigenvalue weighted by Crippen LogP contribution is -2.39. The Morgan fingerprint density at radius 2 is 1.67 bits per heavy atom. The largest absolute Gasteiger partial charge is 0.507 e. The molecule has 0 aromatic heterocycles. The molecule has 3 heteroatoms. The number of amides is 1. The van der Waals surface area contributed by atoms with Crippen LogP contribution >= 0.6 is 0 Å². The summed E-state index contributed by atoms with van der Waals surface area (Å²) in [5.41, 5.74) is 2.02. The summed E-state index contributed by atoms with van der Waals surface area (Å²) in [7, 11) is 0. The number of rotatable bonds is 5. The molecular formula is C27H29NO2. The second-order valence-electron chi connectivity index (χ2n) is 8.31. The van der Waals surface area contributed by atoms with E-state index in [0.717, 1.165) is 16.3 Å². The van der Waals surface area contributed by atoms with Gasteiger partial charge in [-0.1, -0.05) is 79.9 Å². The molecule has 0 saturated heterocycles. The summed E-state index contributed by atoms with van der Waals surface area (Å²) < 4.78 is 0. The first-order valence-corrected chi connectivity index (χ1v) is 10.9. The number of hydrogen-bond donors (Lipinski definition) is 2. The molecule has 0 aliphatic heterocycles. The minimum Gasteiger partial charge on any atom is -0.507 e. The lowest BCUT2D eigenvalue weighted by Gasteiger charge is -2.28. The summed E-state index contributed by atoms with van der Waals surface area (Å²) in [4.78, 5) is 13.5. The number of aromatic hydroxyl groups is 1. The number of phenolic OH excluding ortho intramolecular Hbond substituents is 1. The van der Waals surface area contributed by atoms with Gasteiger partial charge in [0.2, 0.25) is 0 Å². The van der Waals surface area contributed by atoms with Crippen molar-refractivity contribution < 1.29 is 9.90 Å². The van der Waals surface area contributed by atoms with Gasteiger partial charge in [0.15, 0.2) is 0 Å². The predicted octanol–water partition coefficient (Wildman–Crippen LogP) is 6.17. The predicted molar refractivity (Wildman–Crippen MR) is 124 cm³/mol. The lowest BCUT2D eigenvalue weighted by atomic mass is 9.84. The molecule has 0 spiro atoms. The fourth-order valence-corrected chi connectivity index (χ4v) is 4.55. The molecule has 3 aromatic rings. The summed E-state index contributed by atoms with van der Waals surface area (Å²) in [6.07, 6.45) is 7.98. The third-order valence-electron chi connectivity index (χ3n) is 6.25. The highest BCUT2D eigenvalue weighted by molar-refractivity contribution is 6.27. The van der Waals surface area contributed by atoms with Crippen LogP contribution in [0, 0.1) is 5.92 Å². The molecule has 4 rings (SSSR count). The molecule has 0 bridgehead atoms. The standard InChI is InChI=1S/C27H29NO2/c1-19(21-12-6-3-7-13-21)28-27(30)24(18-20-10-4-2-5-11-20)26-23-15-9-8-14-22(23)16-17-25(26)29/h2,4-5,8-11,14-19,21,29H,3,6-7,12-13H2,1H3,(H,28,30)/b24-18-/t19-/m0/s1. The second kappa shape index (κ2) is 9.17. The van der Waals surface area contributed by atoms with Crippen molar-refractivity contribution in [3.63, 3.8) is 0 Å². The Kier molecular flexibility index (Phi) is 6.18. The molecule has 1 aliphatic rings. The first-order chi connectivity index (χ1) is 14.6. The zero-order valence-electron chi connectivity index (χ0n) is 17.5. The van der Waals surface area contributed by atoms with Gasteiger partial charge in [-0.05, 0) is 54.2 Å². The summed E-state index contributed by atoms with van der Waals surface area (Å²) >= 11 is 0. The number of hydrogen-bond acceptors (Lipinski definition) is 2. The number of phenols is 1. The highest BCUT2D eigenvalue weighted by Crippen LogP contribution is 2.35. The highest BCUT2D eigenvalue weighted by atomic mass is 16.3. The Morgan fingerprint density at radius 1 is 0.967 bits per heavy atom. The van der Waals surface area contributed by atoms with E-state index in [9.17, 15) is 9.90 Å². The smallest absolute Gasteiger partial charge is 0.252 e. The Morgan fingerprint density at radius 3 is 2.43 bits per heavy atom. The van der Waals surface area contributed by atoms with Gasteiger partial charge in [-0.2, -0.15) is 0 Å². The second-order valence-corrected chi connectivity index (χ2v) is 8.31. The Labute approximate surface area is 178 Å². The number of carbonyl (C=O) groups excluding carboxylic acids is 1. The molecule has 1 atom stereocenters. The van der Waals surface area contributed by atoms with Gasteiger partial charge in [0.25, 0.3) is 5.91 Å². The molecule has 1 saturated carbocycles. The van der Waals surface area contributed by atoms with E-state index in [-0.39, 0.29) is 17.7 Å². The van der Waals surface area contributed by atoms with Crippen LogP contribution in [0.25, 0.3) is 22.4 Å². The molecule has 30 heavy (non-hydrogen) atoms. The molecule has 0 unspecified atom stereocenters. The quantitative estimate of drug-likeness (QED) is 0.398. The van der Waals surface area contributed by atoms with Gasteiger partial charge in [0, 0.05) is 11.6 Å². The van der Waals surface area contributed by atoms with Gasteiger partial charge in [0.1, 0.15) is 5.75 Å². The Hall–Kier alpha value is -3.07. The molecule has 1 amide bonds. The van der Waals surface area contributed by atoms with Crippen LogP contribution in [0.15, 0.2) is 66.7 Å². The number of carbonyl (C=O) groups is 1. The summed E-state index contributed by atoms with van der Waals surface area (Å²) in [5, 5.41) is 15.9. The van der Waals surface area contributed by atoms with Crippen molar-refractivity contribution in [2.75, 3.05) is 0 Å². The van der Waals surface area contributed by atoms with Crippen LogP contribution < -0.4 is 5.32 Å². The maximum absolute atomic E-state index is 13.5. The van der Waals surface area contributed by atoms with Crippen molar-refractivity contribution >= 4 is 28.3 Å². The molecule has 1 fully saturated rings. The zero-order valence-corrected chi connectivity index (χ0v) is 17.5. The van der Waals surface area contributed by atoms with Crippen molar-refractivity contribution in [2.24, 2.45) is 5.92 Å². The van der Waals surface area contributed by atoms with Crippen molar-refractivity contribution in [3.05, 3.63) is 77.9 Å². The molecule has 3 nitrogen and oxygen atoms in total. The average molecular weight is 400 g/mol. The number of benzene rings is 3. The van der Waals surface area contributed by atoms with Crippen molar-refractivity contribution in [1.82, 2.24) is 5.32 Å². The molecular weight excluding hydrogens is 370 g/mol. The van der Waals surface area contributed by atoms with Gasteiger partial charge in [0.05, 0.1) is 5.57 Å². The normalized spacial score (nSPS) is 16.4. The van der Waals surface area contributed by atoms with Gasteiger partial charge >= 0.3 is 0 Å². The van der Waals surface area contributed by atoms with E-state index in [1.54, 1.807) is 6.07 Å². The lowest BCUT2D eigenvalue weighted by molar-refractivity contribution is -0.116. The van der Waals surface area contributed by atoms with Crippen LogP contribution in [0.4, 0.5) is 0 Å². The molecule has 3 aromatic carbocycles. The van der Waals surface area contributed by atoms with Crippen molar-refractivity contribution in [2.45, 2.75) is 45.1 Å².